The van der Waals surface area contributed by atoms with Gasteiger partial charge in [-0.15, -0.1) is 6.58 Å². The lowest BCUT2D eigenvalue weighted by Crippen LogP contribution is -1.95. The maximum atomic E-state index is 9.84. The smallest absolute Gasteiger partial charge is 0.119 e. The van der Waals surface area contributed by atoms with E-state index in [4.69, 9.17) is 0 Å². The van der Waals surface area contributed by atoms with E-state index >= 15 is 0 Å². The maximum Gasteiger partial charge on any atom is 0.119 e. The Morgan fingerprint density at radius 3 is 2.44 bits per heavy atom. The third-order valence-corrected chi connectivity index (χ3v) is 3.49. The molecule has 1 N–H and O–H groups in total. The second-order valence-corrected chi connectivity index (χ2v) is 4.96. The molecule has 100 valence electrons. The molecule has 18 heavy (non-hydrogen) atoms. The van der Waals surface area contributed by atoms with Crippen LogP contribution in [0.1, 0.15) is 63.4 Å². The lowest BCUT2D eigenvalue weighted by Gasteiger charge is -2.14. The molecular weight excluding hydrogens is 220 g/mol. The summed E-state index contributed by atoms with van der Waals surface area (Å²) in [6.07, 6.45) is 10.9. The van der Waals surface area contributed by atoms with E-state index in [1.165, 1.54) is 38.5 Å². The zero-order chi connectivity index (χ0) is 13.2. The molecule has 1 nitrogen and oxygen atoms in total. The SMILES string of the molecule is C=CC(CCCCCCCC)c1ccccc1O. The lowest BCUT2D eigenvalue weighted by atomic mass is 9.92. The van der Waals surface area contributed by atoms with Crippen molar-refractivity contribution < 1.29 is 5.11 Å². The van der Waals surface area contributed by atoms with Crippen molar-refractivity contribution in [2.45, 2.75) is 57.8 Å². The van der Waals surface area contributed by atoms with Crippen LogP contribution < -0.4 is 0 Å². The molecule has 0 aromatic heterocycles. The standard InChI is InChI=1S/C17H26O/c1-3-5-6-7-8-9-12-15(4-2)16-13-10-11-14-17(16)18/h4,10-11,13-15,18H,2-3,5-9,12H2,1H3. The molecule has 0 heterocycles. The van der Waals surface area contributed by atoms with E-state index in [9.17, 15) is 5.11 Å². The van der Waals surface area contributed by atoms with E-state index in [-0.39, 0.29) is 5.92 Å². The van der Waals surface area contributed by atoms with Gasteiger partial charge in [-0.1, -0.05) is 69.7 Å². The Kier molecular flexibility index (Phi) is 7.24. The van der Waals surface area contributed by atoms with Crippen LogP contribution in [-0.4, -0.2) is 5.11 Å². The maximum absolute atomic E-state index is 9.84. The molecule has 1 aromatic carbocycles. The highest BCUT2D eigenvalue weighted by molar-refractivity contribution is 5.36. The molecule has 1 rings (SSSR count). The van der Waals surface area contributed by atoms with Crippen molar-refractivity contribution in [2.75, 3.05) is 0 Å². The van der Waals surface area contributed by atoms with Crippen LogP contribution in [0.15, 0.2) is 36.9 Å². The van der Waals surface area contributed by atoms with Crippen LogP contribution in [-0.2, 0) is 0 Å². The van der Waals surface area contributed by atoms with Crippen LogP contribution in [0.5, 0.6) is 5.75 Å². The first-order chi connectivity index (χ1) is 8.79. The fourth-order valence-corrected chi connectivity index (χ4v) is 2.35. The normalized spacial score (nSPS) is 12.3. The molecule has 0 radical (unpaired) electrons. The molecular formula is C17H26O. The summed E-state index contributed by atoms with van der Waals surface area (Å²) in [6.45, 7) is 6.14. The summed E-state index contributed by atoms with van der Waals surface area (Å²) in [5, 5.41) is 9.84. The van der Waals surface area contributed by atoms with Gasteiger partial charge in [-0.3, -0.25) is 0 Å². The van der Waals surface area contributed by atoms with Crippen LogP contribution in [0.2, 0.25) is 0 Å². The fourth-order valence-electron chi connectivity index (χ4n) is 2.35. The zero-order valence-electron chi connectivity index (χ0n) is 11.6. The molecule has 0 aliphatic heterocycles. The Morgan fingerprint density at radius 2 is 1.78 bits per heavy atom. The van der Waals surface area contributed by atoms with Crippen molar-refractivity contribution in [1.82, 2.24) is 0 Å². The van der Waals surface area contributed by atoms with Crippen molar-refractivity contribution >= 4 is 0 Å². The van der Waals surface area contributed by atoms with Gasteiger partial charge >= 0.3 is 0 Å². The second kappa shape index (κ2) is 8.79. The molecule has 0 fully saturated rings. The molecule has 1 heteroatoms. The van der Waals surface area contributed by atoms with Crippen LogP contribution in [0.4, 0.5) is 0 Å². The molecule has 1 atom stereocenters. The van der Waals surface area contributed by atoms with Crippen LogP contribution in [0.25, 0.3) is 0 Å². The highest BCUT2D eigenvalue weighted by Crippen LogP contribution is 2.30. The summed E-state index contributed by atoms with van der Waals surface area (Å²) in [5.74, 6) is 0.686. The first-order valence-electron chi connectivity index (χ1n) is 7.20. The summed E-state index contributed by atoms with van der Waals surface area (Å²) >= 11 is 0. The number of aromatic hydroxyl groups is 1. The Labute approximate surface area is 112 Å². The monoisotopic (exact) mass is 246 g/mol. The fraction of sp³-hybridized carbons (Fsp3) is 0.529. The summed E-state index contributed by atoms with van der Waals surface area (Å²) in [4.78, 5) is 0. The Balaban J connectivity index is 2.34. The van der Waals surface area contributed by atoms with Gasteiger partial charge in [0.1, 0.15) is 5.75 Å². The minimum atomic E-state index is 0.289. The first-order valence-corrected chi connectivity index (χ1v) is 7.20. The van der Waals surface area contributed by atoms with Crippen molar-refractivity contribution in [3.63, 3.8) is 0 Å². The van der Waals surface area contributed by atoms with Gasteiger partial charge in [0.05, 0.1) is 0 Å². The number of rotatable bonds is 9. The van der Waals surface area contributed by atoms with E-state index in [2.05, 4.69) is 13.5 Å². The molecule has 0 aliphatic carbocycles. The van der Waals surface area contributed by atoms with Gasteiger partial charge < -0.3 is 5.11 Å². The Hall–Kier alpha value is -1.24. The number of hydrogen-bond acceptors (Lipinski definition) is 1. The Bertz CT molecular complexity index is 343. The third-order valence-electron chi connectivity index (χ3n) is 3.49. The average Bonchev–Trinajstić information content (AvgIpc) is 2.39. The summed E-state index contributed by atoms with van der Waals surface area (Å²) in [6, 6.07) is 7.60. The van der Waals surface area contributed by atoms with E-state index in [0.29, 0.717) is 5.75 Å². The topological polar surface area (TPSA) is 20.2 Å². The third kappa shape index (κ3) is 4.95. The van der Waals surface area contributed by atoms with Crippen molar-refractivity contribution in [3.05, 3.63) is 42.5 Å². The molecule has 1 aromatic rings. The summed E-state index contributed by atoms with van der Waals surface area (Å²) in [5.41, 5.74) is 1.01. The number of allylic oxidation sites excluding steroid dienone is 1. The number of phenolic OH excluding ortho intramolecular Hbond substituents is 1. The van der Waals surface area contributed by atoms with Gasteiger partial charge in [-0.2, -0.15) is 0 Å². The summed E-state index contributed by atoms with van der Waals surface area (Å²) in [7, 11) is 0. The molecule has 0 saturated heterocycles. The van der Waals surface area contributed by atoms with Gasteiger partial charge in [0.15, 0.2) is 0 Å². The summed E-state index contributed by atoms with van der Waals surface area (Å²) < 4.78 is 0. The van der Waals surface area contributed by atoms with Gasteiger partial charge in [0, 0.05) is 11.5 Å². The van der Waals surface area contributed by atoms with Crippen LogP contribution >= 0.6 is 0 Å². The average molecular weight is 246 g/mol. The lowest BCUT2D eigenvalue weighted by molar-refractivity contribution is 0.461. The number of unbranched alkanes of at least 4 members (excludes halogenated alkanes) is 5. The van der Waals surface area contributed by atoms with E-state index in [0.717, 1.165) is 12.0 Å². The van der Waals surface area contributed by atoms with E-state index in [1.54, 1.807) is 6.07 Å². The number of para-hydroxylation sites is 1. The van der Waals surface area contributed by atoms with Crippen molar-refractivity contribution in [2.24, 2.45) is 0 Å². The number of benzene rings is 1. The highest BCUT2D eigenvalue weighted by Gasteiger charge is 2.10. The molecule has 1 unspecified atom stereocenters. The van der Waals surface area contributed by atoms with Crippen molar-refractivity contribution in [3.8, 4) is 5.75 Å². The Morgan fingerprint density at radius 1 is 1.11 bits per heavy atom. The predicted octanol–water partition coefficient (Wildman–Crippen LogP) is 5.41. The molecule has 0 bridgehead atoms. The van der Waals surface area contributed by atoms with Gasteiger partial charge in [-0.05, 0) is 12.5 Å². The molecule has 0 spiro atoms. The van der Waals surface area contributed by atoms with Gasteiger partial charge in [0.25, 0.3) is 0 Å². The zero-order valence-corrected chi connectivity index (χ0v) is 11.6. The van der Waals surface area contributed by atoms with Crippen molar-refractivity contribution in [1.29, 1.82) is 0 Å². The molecule has 0 aliphatic rings. The minimum Gasteiger partial charge on any atom is -0.508 e. The largest absolute Gasteiger partial charge is 0.508 e. The molecule has 0 amide bonds. The second-order valence-electron chi connectivity index (χ2n) is 4.96. The van der Waals surface area contributed by atoms with E-state index < -0.39 is 0 Å². The quantitative estimate of drug-likeness (QED) is 0.456. The highest BCUT2D eigenvalue weighted by atomic mass is 16.3. The van der Waals surface area contributed by atoms with E-state index in [1.807, 2.05) is 24.3 Å². The number of phenols is 1. The number of hydrogen-bond donors (Lipinski definition) is 1. The molecule has 0 saturated carbocycles. The van der Waals surface area contributed by atoms with Gasteiger partial charge in [0.2, 0.25) is 0 Å². The predicted molar refractivity (Wildman–Crippen MR) is 79.0 cm³/mol. The van der Waals surface area contributed by atoms with Crippen LogP contribution in [0, 0.1) is 0 Å². The first kappa shape index (κ1) is 14.8. The minimum absolute atomic E-state index is 0.289. The van der Waals surface area contributed by atoms with Gasteiger partial charge in [-0.25, -0.2) is 0 Å². The van der Waals surface area contributed by atoms with Crippen LogP contribution in [0.3, 0.4) is 0 Å².